The third-order valence-corrected chi connectivity index (χ3v) is 9.08. The summed E-state index contributed by atoms with van der Waals surface area (Å²) in [5.74, 6) is -0.265. The molecule has 1 amide bonds. The molecule has 3 aromatic heterocycles. The molecule has 12 heteroatoms. The van der Waals surface area contributed by atoms with Gasteiger partial charge in [-0.1, -0.05) is 40.7 Å². The molecule has 2 aliphatic rings. The number of halogens is 1. The van der Waals surface area contributed by atoms with Gasteiger partial charge >= 0.3 is 11.8 Å². The zero-order valence-electron chi connectivity index (χ0n) is 27.1. The van der Waals surface area contributed by atoms with Crippen molar-refractivity contribution in [2.75, 3.05) is 24.6 Å². The highest BCUT2D eigenvalue weighted by Crippen LogP contribution is 2.46. The number of aryl methyl sites for hydroxylation is 1. The summed E-state index contributed by atoms with van der Waals surface area (Å²) in [7, 11) is 0. The van der Waals surface area contributed by atoms with E-state index in [-0.39, 0.29) is 54.3 Å². The van der Waals surface area contributed by atoms with Crippen molar-refractivity contribution >= 4 is 22.9 Å². The van der Waals surface area contributed by atoms with E-state index in [9.17, 15) is 19.8 Å². The van der Waals surface area contributed by atoms with Gasteiger partial charge in [-0.3, -0.25) is 4.98 Å². The Labute approximate surface area is 266 Å². The van der Waals surface area contributed by atoms with Crippen molar-refractivity contribution in [1.29, 1.82) is 0 Å². The van der Waals surface area contributed by atoms with Gasteiger partial charge in [0.25, 0.3) is 0 Å². The van der Waals surface area contributed by atoms with Gasteiger partial charge < -0.3 is 24.7 Å². The number of anilines is 1. The quantitative estimate of drug-likeness (QED) is 0.293. The summed E-state index contributed by atoms with van der Waals surface area (Å²) in [5.41, 5.74) is 1.79. The first-order valence-electron chi connectivity index (χ1n) is 15.5. The highest BCUT2D eigenvalue weighted by Gasteiger charge is 2.45. The SMILES string of the molecule is Cc1ccnc(C(C)C)c1-n1c(=O)nc(N2CCN(C(=O)O)C(C(C)(C)C)[C@@H]2C)c2c3c(c(-c4c(O)cccc4F)nc21)CCO3. The van der Waals surface area contributed by atoms with Crippen LogP contribution in [0.4, 0.5) is 15.0 Å². The fourth-order valence-electron chi connectivity index (χ4n) is 7.23. The van der Waals surface area contributed by atoms with Crippen molar-refractivity contribution < 1.29 is 24.1 Å². The molecule has 1 saturated heterocycles. The number of aromatic hydroxyl groups is 1. The standard InChI is InChI=1S/C34H39FN6O5/c1-17(2)25-27(18(3)11-13-36-25)41-31-24(28-20(12-16-46-28)26(37-31)23-21(35)9-8-10-22(23)42)30(38-32(41)43)39-14-15-40(33(44)45)29(19(39)4)34(5,6)7/h8-11,13,17,19,29,42H,12,14-16H2,1-7H3,(H,44,45)/t19-,29?/m0/s1. The van der Waals surface area contributed by atoms with Crippen LogP contribution >= 0.6 is 0 Å². The molecule has 11 nitrogen and oxygen atoms in total. The number of hydrogen-bond acceptors (Lipinski definition) is 8. The van der Waals surface area contributed by atoms with E-state index in [4.69, 9.17) is 14.7 Å². The van der Waals surface area contributed by atoms with Crippen molar-refractivity contribution in [2.24, 2.45) is 5.41 Å². The molecule has 0 spiro atoms. The Kier molecular flexibility index (Phi) is 7.64. The number of ether oxygens (including phenoxy) is 1. The Hall–Kier alpha value is -4.74. The second-order valence-corrected chi connectivity index (χ2v) is 13.5. The Balaban J connectivity index is 1.74. The van der Waals surface area contributed by atoms with Crippen LogP contribution in [0.5, 0.6) is 11.5 Å². The third kappa shape index (κ3) is 4.90. The minimum Gasteiger partial charge on any atom is -0.507 e. The highest BCUT2D eigenvalue weighted by atomic mass is 19.1. The second kappa shape index (κ2) is 11.3. The number of rotatable bonds is 4. The van der Waals surface area contributed by atoms with E-state index in [2.05, 4.69) is 4.98 Å². The van der Waals surface area contributed by atoms with E-state index >= 15 is 4.39 Å². The fraction of sp³-hybridized carbons (Fsp3) is 0.441. The number of piperazine rings is 1. The van der Waals surface area contributed by atoms with Crippen LogP contribution in [-0.4, -0.2) is 72.5 Å². The minimum atomic E-state index is -1.01. The van der Waals surface area contributed by atoms with E-state index in [0.717, 1.165) is 5.56 Å². The topological polar surface area (TPSA) is 134 Å². The molecule has 0 radical (unpaired) electrons. The lowest BCUT2D eigenvalue weighted by atomic mass is 9.80. The minimum absolute atomic E-state index is 0.0612. The molecule has 1 aromatic carbocycles. The van der Waals surface area contributed by atoms with Crippen molar-refractivity contribution in [3.05, 3.63) is 63.6 Å². The summed E-state index contributed by atoms with van der Waals surface area (Å²) >= 11 is 0. The number of phenolic OH excluding ortho intramolecular Hbond substituents is 1. The highest BCUT2D eigenvalue weighted by molar-refractivity contribution is 5.98. The van der Waals surface area contributed by atoms with Crippen LogP contribution in [0.3, 0.4) is 0 Å². The molecule has 2 aliphatic heterocycles. The van der Waals surface area contributed by atoms with E-state index in [1.54, 1.807) is 6.20 Å². The molecule has 5 heterocycles. The van der Waals surface area contributed by atoms with Crippen LogP contribution in [0.2, 0.25) is 0 Å². The molecule has 6 rings (SSSR count). The molecule has 1 fully saturated rings. The van der Waals surface area contributed by atoms with Gasteiger partial charge in [0.2, 0.25) is 0 Å². The van der Waals surface area contributed by atoms with Crippen LogP contribution in [0.25, 0.3) is 28.0 Å². The van der Waals surface area contributed by atoms with Crippen molar-refractivity contribution in [2.45, 2.75) is 72.9 Å². The predicted octanol–water partition coefficient (Wildman–Crippen LogP) is 5.66. The van der Waals surface area contributed by atoms with Gasteiger partial charge in [0.15, 0.2) is 5.65 Å². The molecule has 1 unspecified atom stereocenters. The molecular weight excluding hydrogens is 591 g/mol. The summed E-state index contributed by atoms with van der Waals surface area (Å²) in [5, 5.41) is 21.4. The molecule has 2 atom stereocenters. The van der Waals surface area contributed by atoms with Gasteiger partial charge in [0, 0.05) is 37.3 Å². The van der Waals surface area contributed by atoms with Crippen molar-refractivity contribution in [1.82, 2.24) is 24.4 Å². The molecule has 46 heavy (non-hydrogen) atoms. The predicted molar refractivity (Wildman–Crippen MR) is 173 cm³/mol. The Morgan fingerprint density at radius 1 is 1.15 bits per heavy atom. The molecule has 4 aromatic rings. The monoisotopic (exact) mass is 630 g/mol. The zero-order chi connectivity index (χ0) is 33.2. The van der Waals surface area contributed by atoms with Crippen LogP contribution < -0.4 is 15.3 Å². The third-order valence-electron chi connectivity index (χ3n) is 9.08. The lowest BCUT2D eigenvalue weighted by Crippen LogP contribution is -2.64. The number of hydrogen-bond donors (Lipinski definition) is 2. The molecule has 2 N–H and O–H groups in total. The number of amides is 1. The average Bonchev–Trinajstić information content (AvgIpc) is 3.46. The summed E-state index contributed by atoms with van der Waals surface area (Å²) in [6, 6.07) is 5.07. The Morgan fingerprint density at radius 2 is 1.89 bits per heavy atom. The van der Waals surface area contributed by atoms with Gasteiger partial charge in [-0.2, -0.15) is 4.98 Å². The first-order valence-corrected chi connectivity index (χ1v) is 15.5. The number of pyridine rings is 2. The molecule has 0 saturated carbocycles. The number of phenols is 1. The number of carboxylic acid groups (broad SMARTS) is 1. The number of carbonyl (C=O) groups is 1. The molecule has 0 aliphatic carbocycles. The van der Waals surface area contributed by atoms with Crippen molar-refractivity contribution in [3.8, 4) is 28.4 Å². The number of aromatic nitrogens is 4. The maximum Gasteiger partial charge on any atom is 0.407 e. The lowest BCUT2D eigenvalue weighted by molar-refractivity contribution is 0.0562. The fourth-order valence-corrected chi connectivity index (χ4v) is 7.23. The normalized spacial score (nSPS) is 18.3. The van der Waals surface area contributed by atoms with Gasteiger partial charge in [-0.05, 0) is 48.9 Å². The summed E-state index contributed by atoms with van der Waals surface area (Å²) in [6.45, 7) is 14.5. The van der Waals surface area contributed by atoms with Crippen molar-refractivity contribution in [3.63, 3.8) is 0 Å². The first-order chi connectivity index (χ1) is 21.7. The smallest absolute Gasteiger partial charge is 0.407 e. The van der Waals surface area contributed by atoms with E-state index in [1.807, 2.05) is 59.4 Å². The summed E-state index contributed by atoms with van der Waals surface area (Å²) in [4.78, 5) is 44.4. The lowest BCUT2D eigenvalue weighted by Gasteiger charge is -2.51. The Bertz CT molecular complexity index is 1910. The number of benzene rings is 1. The van der Waals surface area contributed by atoms with E-state index in [1.165, 1.54) is 27.7 Å². The Morgan fingerprint density at radius 3 is 2.54 bits per heavy atom. The van der Waals surface area contributed by atoms with Crippen LogP contribution in [0, 0.1) is 18.2 Å². The summed E-state index contributed by atoms with van der Waals surface area (Å²) in [6.07, 6.45) is 1.08. The molecule has 242 valence electrons. The second-order valence-electron chi connectivity index (χ2n) is 13.5. The zero-order valence-corrected chi connectivity index (χ0v) is 27.1. The van der Waals surface area contributed by atoms with Gasteiger partial charge in [-0.15, -0.1) is 0 Å². The van der Waals surface area contributed by atoms with E-state index < -0.39 is 29.1 Å². The van der Waals surface area contributed by atoms with Gasteiger partial charge in [0.1, 0.15) is 28.5 Å². The first kappa shape index (κ1) is 31.3. The van der Waals surface area contributed by atoms with Crippen LogP contribution in [0.1, 0.15) is 64.3 Å². The molecular formula is C34H39FN6O5. The molecule has 0 bridgehead atoms. The van der Waals surface area contributed by atoms with Crippen LogP contribution in [-0.2, 0) is 6.42 Å². The maximum absolute atomic E-state index is 15.4. The van der Waals surface area contributed by atoms with E-state index in [0.29, 0.717) is 40.3 Å². The maximum atomic E-state index is 15.4. The number of nitrogens with zero attached hydrogens (tertiary/aromatic N) is 6. The van der Waals surface area contributed by atoms with Gasteiger partial charge in [0.05, 0.1) is 35.3 Å². The summed E-state index contributed by atoms with van der Waals surface area (Å²) < 4.78 is 23.1. The largest absolute Gasteiger partial charge is 0.507 e. The average molecular weight is 631 g/mol. The van der Waals surface area contributed by atoms with Gasteiger partial charge in [-0.25, -0.2) is 23.5 Å². The van der Waals surface area contributed by atoms with Crippen LogP contribution in [0.15, 0.2) is 35.3 Å². The number of fused-ring (bicyclic) bond motifs is 3.